The summed E-state index contributed by atoms with van der Waals surface area (Å²) in [6.45, 7) is 5.85. The molecule has 5 rings (SSSR count). The van der Waals surface area contributed by atoms with Crippen LogP contribution in [0.5, 0.6) is 5.75 Å². The Kier molecular flexibility index (Phi) is 6.47. The second kappa shape index (κ2) is 9.58. The minimum atomic E-state index is -0.336. The summed E-state index contributed by atoms with van der Waals surface area (Å²) in [4.78, 5) is 31.6. The van der Waals surface area contributed by atoms with Gasteiger partial charge in [0.05, 0.1) is 7.11 Å². The van der Waals surface area contributed by atoms with E-state index in [1.165, 1.54) is 11.1 Å². The van der Waals surface area contributed by atoms with Gasteiger partial charge in [-0.25, -0.2) is 0 Å². The van der Waals surface area contributed by atoms with Crippen molar-refractivity contribution < 1.29 is 9.53 Å². The van der Waals surface area contributed by atoms with Crippen LogP contribution in [0.1, 0.15) is 51.7 Å². The Labute approximate surface area is 212 Å². The molecule has 6 heteroatoms. The van der Waals surface area contributed by atoms with Crippen LogP contribution < -0.4 is 15.6 Å². The summed E-state index contributed by atoms with van der Waals surface area (Å²) in [6, 6.07) is 18.3. The smallest absolute Gasteiger partial charge is 0.261 e. The van der Waals surface area contributed by atoms with Gasteiger partial charge in [-0.1, -0.05) is 36.4 Å². The molecule has 36 heavy (non-hydrogen) atoms. The number of aryl methyl sites for hydroxylation is 1. The van der Waals surface area contributed by atoms with Crippen molar-refractivity contribution in [3.63, 3.8) is 0 Å². The lowest BCUT2D eigenvalue weighted by Gasteiger charge is -2.54. The van der Waals surface area contributed by atoms with Crippen molar-refractivity contribution in [2.24, 2.45) is 5.92 Å². The average molecular weight is 486 g/mol. The van der Waals surface area contributed by atoms with Gasteiger partial charge in [-0.05, 0) is 93.1 Å². The molecule has 1 aliphatic carbocycles. The van der Waals surface area contributed by atoms with Crippen molar-refractivity contribution in [3.05, 3.63) is 98.5 Å². The summed E-state index contributed by atoms with van der Waals surface area (Å²) in [7, 11) is 3.90. The molecule has 3 atom stereocenters. The fraction of sp³-hybridized carbons (Fsp3) is 0.400. The van der Waals surface area contributed by atoms with Gasteiger partial charge in [0.1, 0.15) is 11.3 Å². The number of rotatable bonds is 5. The van der Waals surface area contributed by atoms with E-state index in [2.05, 4.69) is 48.2 Å². The maximum absolute atomic E-state index is 13.1. The number of nitrogens with one attached hydrogen (secondary N) is 2. The van der Waals surface area contributed by atoms with E-state index in [1.807, 2.05) is 42.5 Å². The number of benzene rings is 2. The molecule has 0 radical (unpaired) electrons. The van der Waals surface area contributed by atoms with E-state index in [9.17, 15) is 9.59 Å². The van der Waals surface area contributed by atoms with Gasteiger partial charge in [0.2, 0.25) is 0 Å². The number of aromatic amines is 1. The maximum atomic E-state index is 13.1. The molecule has 2 N–H and O–H groups in total. The number of nitrogens with zero attached hydrogens (tertiary/aromatic N) is 1. The van der Waals surface area contributed by atoms with Crippen LogP contribution in [0.4, 0.5) is 0 Å². The number of piperidine rings is 1. The predicted octanol–water partition coefficient (Wildman–Crippen LogP) is 4.00. The van der Waals surface area contributed by atoms with E-state index in [-0.39, 0.29) is 22.4 Å². The summed E-state index contributed by atoms with van der Waals surface area (Å²) in [5, 5.41) is 2.91. The maximum Gasteiger partial charge on any atom is 0.261 e. The van der Waals surface area contributed by atoms with Gasteiger partial charge >= 0.3 is 0 Å². The van der Waals surface area contributed by atoms with Crippen molar-refractivity contribution in [1.82, 2.24) is 15.2 Å². The van der Waals surface area contributed by atoms with Crippen LogP contribution in [0.2, 0.25) is 0 Å². The lowest BCUT2D eigenvalue weighted by atomic mass is 9.56. The molecule has 2 aliphatic rings. The number of likely N-dealkylation sites (tertiary alicyclic amines) is 1. The largest absolute Gasteiger partial charge is 0.497 e. The van der Waals surface area contributed by atoms with E-state index in [0.717, 1.165) is 48.4 Å². The fourth-order valence-corrected chi connectivity index (χ4v) is 6.36. The molecule has 0 saturated carbocycles. The second-order valence-corrected chi connectivity index (χ2v) is 10.5. The number of ether oxygens (including phenoxy) is 1. The zero-order valence-electron chi connectivity index (χ0n) is 21.6. The van der Waals surface area contributed by atoms with Crippen molar-refractivity contribution in [3.8, 4) is 5.75 Å². The average Bonchev–Trinajstić information content (AvgIpc) is 2.89. The third kappa shape index (κ3) is 4.24. The van der Waals surface area contributed by atoms with Crippen LogP contribution in [0.25, 0.3) is 0 Å². The van der Waals surface area contributed by atoms with Gasteiger partial charge in [0.15, 0.2) is 0 Å². The van der Waals surface area contributed by atoms with Crippen LogP contribution >= 0.6 is 0 Å². The molecule has 2 aromatic carbocycles. The Morgan fingerprint density at radius 3 is 2.72 bits per heavy atom. The zero-order chi connectivity index (χ0) is 25.4. The molecule has 6 nitrogen and oxygen atoms in total. The molecular weight excluding hydrogens is 450 g/mol. The lowest BCUT2D eigenvalue weighted by Crippen LogP contribution is -2.57. The second-order valence-electron chi connectivity index (χ2n) is 10.5. The summed E-state index contributed by atoms with van der Waals surface area (Å²) in [5.41, 5.74) is 5.35. The monoisotopic (exact) mass is 485 g/mol. The van der Waals surface area contributed by atoms with Crippen molar-refractivity contribution in [1.29, 1.82) is 0 Å². The quantitative estimate of drug-likeness (QED) is 0.573. The highest BCUT2D eigenvalue weighted by atomic mass is 16.5. The summed E-state index contributed by atoms with van der Waals surface area (Å²) in [5.74, 6) is 0.873. The molecule has 1 amide bonds. The number of hydrogen-bond donors (Lipinski definition) is 2. The van der Waals surface area contributed by atoms with Gasteiger partial charge in [-0.2, -0.15) is 0 Å². The molecule has 1 aliphatic heterocycles. The molecule has 3 aromatic rings. The molecule has 1 aromatic heterocycles. The fourth-order valence-electron chi connectivity index (χ4n) is 6.36. The number of methoxy groups -OCH3 is 1. The van der Waals surface area contributed by atoms with Crippen LogP contribution in [0.15, 0.2) is 59.4 Å². The topological polar surface area (TPSA) is 74.4 Å². The Morgan fingerprint density at radius 2 is 1.97 bits per heavy atom. The molecule has 0 spiro atoms. The van der Waals surface area contributed by atoms with Crippen molar-refractivity contribution >= 4 is 5.91 Å². The zero-order valence-corrected chi connectivity index (χ0v) is 21.6. The molecule has 1 fully saturated rings. The number of carbonyl (C=O) groups excluding carboxylic acids is 1. The van der Waals surface area contributed by atoms with Crippen LogP contribution in [-0.2, 0) is 24.8 Å². The summed E-state index contributed by atoms with van der Waals surface area (Å²) >= 11 is 0. The molecule has 1 saturated heterocycles. The summed E-state index contributed by atoms with van der Waals surface area (Å²) < 4.78 is 5.60. The van der Waals surface area contributed by atoms with Gasteiger partial charge in [0, 0.05) is 23.7 Å². The Hall–Kier alpha value is -3.38. The molecule has 0 bridgehead atoms. The van der Waals surface area contributed by atoms with Gasteiger partial charge < -0.3 is 19.9 Å². The Morgan fingerprint density at radius 1 is 1.19 bits per heavy atom. The molecule has 2 heterocycles. The molecule has 188 valence electrons. The highest BCUT2D eigenvalue weighted by Gasteiger charge is 2.50. The minimum Gasteiger partial charge on any atom is -0.497 e. The van der Waals surface area contributed by atoms with Gasteiger partial charge in [0.25, 0.3) is 11.5 Å². The standard InChI is InChI=1S/C30H35N3O3/c1-19-10-11-23(36-4)16-25(19)30-12-13-33(3)20(2)26(30)15-22-14-24(29(35)32-27(22)17-30)28(34)31-18-21-8-6-5-7-9-21/h5-11,14,16,20,26H,12-13,15,17-18H2,1-4H3,(H,31,34)(H,32,35)/t20?,26?,30-/m0/s1. The number of fused-ring (bicyclic) bond motifs is 2. The van der Waals surface area contributed by atoms with Gasteiger partial charge in [-0.3, -0.25) is 9.59 Å². The predicted molar refractivity (Wildman–Crippen MR) is 142 cm³/mol. The number of H-pyrrole nitrogens is 1. The number of hydrogen-bond acceptors (Lipinski definition) is 4. The highest BCUT2D eigenvalue weighted by molar-refractivity contribution is 5.94. The van der Waals surface area contributed by atoms with Gasteiger partial charge in [-0.15, -0.1) is 0 Å². The minimum absolute atomic E-state index is 0.0996. The highest BCUT2D eigenvalue weighted by Crippen LogP contribution is 2.50. The van der Waals surface area contributed by atoms with E-state index < -0.39 is 0 Å². The third-order valence-corrected chi connectivity index (χ3v) is 8.57. The number of aromatic nitrogens is 1. The lowest BCUT2D eigenvalue weighted by molar-refractivity contribution is 0.0448. The Balaban J connectivity index is 1.52. The molecular formula is C30H35N3O3. The van der Waals surface area contributed by atoms with Crippen LogP contribution in [0.3, 0.4) is 0 Å². The first-order valence-electron chi connectivity index (χ1n) is 12.7. The van der Waals surface area contributed by atoms with Crippen LogP contribution in [-0.4, -0.2) is 42.5 Å². The van der Waals surface area contributed by atoms with Crippen LogP contribution in [0, 0.1) is 12.8 Å². The van der Waals surface area contributed by atoms with E-state index in [1.54, 1.807) is 7.11 Å². The van der Waals surface area contributed by atoms with E-state index in [0.29, 0.717) is 18.5 Å². The number of pyridine rings is 1. The third-order valence-electron chi connectivity index (χ3n) is 8.57. The number of carbonyl (C=O) groups is 1. The molecule has 2 unspecified atom stereocenters. The number of amides is 1. The van der Waals surface area contributed by atoms with E-state index in [4.69, 9.17) is 4.74 Å². The van der Waals surface area contributed by atoms with Crippen molar-refractivity contribution in [2.75, 3.05) is 20.7 Å². The first kappa shape index (κ1) is 24.3. The first-order valence-corrected chi connectivity index (χ1v) is 12.7. The summed E-state index contributed by atoms with van der Waals surface area (Å²) in [6.07, 6.45) is 2.57. The van der Waals surface area contributed by atoms with Crippen molar-refractivity contribution in [2.45, 2.75) is 51.1 Å². The first-order chi connectivity index (χ1) is 17.3. The SMILES string of the molecule is COc1ccc(C)c([C@@]23CCN(C)C(C)C2Cc2cc(C(=O)NCc4ccccc4)c(=O)[nH]c2C3)c1. The Bertz CT molecular complexity index is 1330. The van der Waals surface area contributed by atoms with E-state index >= 15 is 0 Å². The normalized spacial score (nSPS) is 23.4.